The van der Waals surface area contributed by atoms with E-state index < -0.39 is 0 Å². The van der Waals surface area contributed by atoms with Gasteiger partial charge in [0.25, 0.3) is 0 Å². The predicted molar refractivity (Wildman–Crippen MR) is 97.6 cm³/mol. The molecule has 0 heterocycles. The fraction of sp³-hybridized carbons (Fsp3) is 0.105. The summed E-state index contributed by atoms with van der Waals surface area (Å²) in [5.74, 6) is 0.157. The fourth-order valence-corrected chi connectivity index (χ4v) is 2.82. The molecule has 2 aromatic rings. The molecule has 3 heteroatoms. The number of allylic oxidation sites excluding steroid dienone is 2. The molecule has 0 radical (unpaired) electrons. The molecule has 0 aromatic heterocycles. The zero-order chi connectivity index (χ0) is 15.5. The van der Waals surface area contributed by atoms with Crippen molar-refractivity contribution in [1.82, 2.24) is 0 Å². The van der Waals surface area contributed by atoms with Gasteiger partial charge in [0.2, 0.25) is 0 Å². The van der Waals surface area contributed by atoms with E-state index in [9.17, 15) is 4.79 Å². The van der Waals surface area contributed by atoms with E-state index in [0.717, 1.165) is 44.9 Å². The summed E-state index contributed by atoms with van der Waals surface area (Å²) in [6, 6.07) is 15.7. The third-order valence-electron chi connectivity index (χ3n) is 3.71. The minimum absolute atomic E-state index is 0.157. The van der Waals surface area contributed by atoms with Crippen LogP contribution in [0.1, 0.15) is 24.0 Å². The molecular formula is C19H16OS2. The Labute approximate surface area is 141 Å². The van der Waals surface area contributed by atoms with Crippen LogP contribution in [-0.4, -0.2) is 5.78 Å². The van der Waals surface area contributed by atoms with Crippen LogP contribution in [-0.2, 0) is 4.79 Å². The second-order valence-electron chi connectivity index (χ2n) is 5.35. The van der Waals surface area contributed by atoms with Crippen LogP contribution >= 0.6 is 25.3 Å². The van der Waals surface area contributed by atoms with Gasteiger partial charge in [0.1, 0.15) is 0 Å². The van der Waals surface area contributed by atoms with Crippen LogP contribution in [0.5, 0.6) is 0 Å². The average molecular weight is 324 g/mol. The average Bonchev–Trinajstić information content (AvgIpc) is 2.85. The Morgan fingerprint density at radius 2 is 1.05 bits per heavy atom. The van der Waals surface area contributed by atoms with Gasteiger partial charge in [0.05, 0.1) is 0 Å². The normalized spacial score (nSPS) is 18.4. The van der Waals surface area contributed by atoms with E-state index in [4.69, 9.17) is 0 Å². The van der Waals surface area contributed by atoms with Crippen molar-refractivity contribution >= 4 is 43.2 Å². The monoisotopic (exact) mass is 324 g/mol. The van der Waals surface area contributed by atoms with Crippen molar-refractivity contribution in [3.8, 4) is 0 Å². The molecule has 2 aromatic carbocycles. The molecular weight excluding hydrogens is 308 g/mol. The van der Waals surface area contributed by atoms with E-state index in [-0.39, 0.29) is 5.78 Å². The molecule has 0 amide bonds. The Kier molecular flexibility index (Phi) is 4.55. The molecule has 1 nitrogen and oxygen atoms in total. The maximum Gasteiger partial charge on any atom is 0.185 e. The van der Waals surface area contributed by atoms with Gasteiger partial charge in [-0.2, -0.15) is 0 Å². The van der Waals surface area contributed by atoms with Crippen LogP contribution in [0, 0.1) is 0 Å². The minimum atomic E-state index is 0.157. The van der Waals surface area contributed by atoms with Gasteiger partial charge < -0.3 is 0 Å². The summed E-state index contributed by atoms with van der Waals surface area (Å²) in [5, 5.41) is 0. The Hall–Kier alpha value is -1.71. The lowest BCUT2D eigenvalue weighted by atomic mass is 10.1. The van der Waals surface area contributed by atoms with Crippen LogP contribution in [0.2, 0.25) is 0 Å². The van der Waals surface area contributed by atoms with Crippen molar-refractivity contribution in [2.24, 2.45) is 0 Å². The Morgan fingerprint density at radius 1 is 0.682 bits per heavy atom. The molecule has 0 unspecified atom stereocenters. The maximum absolute atomic E-state index is 12.5. The first-order valence-corrected chi connectivity index (χ1v) is 8.05. The molecule has 0 atom stereocenters. The van der Waals surface area contributed by atoms with Crippen molar-refractivity contribution < 1.29 is 4.79 Å². The van der Waals surface area contributed by atoms with Crippen LogP contribution in [0.3, 0.4) is 0 Å². The molecule has 1 aliphatic rings. The third kappa shape index (κ3) is 3.54. The number of rotatable bonds is 2. The van der Waals surface area contributed by atoms with E-state index >= 15 is 0 Å². The van der Waals surface area contributed by atoms with Crippen LogP contribution < -0.4 is 0 Å². The number of benzene rings is 2. The lowest BCUT2D eigenvalue weighted by Crippen LogP contribution is -1.95. The Morgan fingerprint density at radius 3 is 1.41 bits per heavy atom. The fourth-order valence-electron chi connectivity index (χ4n) is 2.52. The zero-order valence-electron chi connectivity index (χ0n) is 12.0. The zero-order valence-corrected chi connectivity index (χ0v) is 13.8. The van der Waals surface area contributed by atoms with Gasteiger partial charge in [0.15, 0.2) is 5.78 Å². The molecule has 0 saturated heterocycles. The highest BCUT2D eigenvalue weighted by molar-refractivity contribution is 7.80. The van der Waals surface area contributed by atoms with Crippen LogP contribution in [0.25, 0.3) is 12.2 Å². The standard InChI is InChI=1S/C19H16OS2/c20-19-15(11-13-1-7-17(21)8-2-13)5-6-16(19)12-14-3-9-18(22)10-4-14/h1-4,7-12,21-22H,5-6H2. The molecule has 22 heavy (non-hydrogen) atoms. The van der Waals surface area contributed by atoms with Crippen molar-refractivity contribution in [1.29, 1.82) is 0 Å². The maximum atomic E-state index is 12.5. The van der Waals surface area contributed by atoms with E-state index in [1.165, 1.54) is 0 Å². The smallest absolute Gasteiger partial charge is 0.185 e. The lowest BCUT2D eigenvalue weighted by molar-refractivity contribution is -0.111. The number of hydrogen-bond donors (Lipinski definition) is 2. The van der Waals surface area contributed by atoms with E-state index in [2.05, 4.69) is 25.3 Å². The summed E-state index contributed by atoms with van der Waals surface area (Å²) >= 11 is 8.55. The summed E-state index contributed by atoms with van der Waals surface area (Å²) in [5.41, 5.74) is 3.84. The van der Waals surface area contributed by atoms with Crippen LogP contribution in [0.15, 0.2) is 69.5 Å². The number of carbonyl (C=O) groups is 1. The first-order valence-electron chi connectivity index (χ1n) is 7.16. The molecule has 110 valence electrons. The highest BCUT2D eigenvalue weighted by Gasteiger charge is 2.22. The van der Waals surface area contributed by atoms with Gasteiger partial charge in [-0.15, -0.1) is 25.3 Å². The largest absolute Gasteiger partial charge is 0.289 e. The Bertz CT molecular complexity index is 688. The number of thiol groups is 2. The van der Waals surface area contributed by atoms with Crippen molar-refractivity contribution in [2.75, 3.05) is 0 Å². The number of carbonyl (C=O) groups excluding carboxylic acids is 1. The first-order chi connectivity index (χ1) is 10.6. The third-order valence-corrected chi connectivity index (χ3v) is 4.31. The van der Waals surface area contributed by atoms with Gasteiger partial charge in [-0.3, -0.25) is 4.79 Å². The lowest BCUT2D eigenvalue weighted by Gasteiger charge is -1.99. The van der Waals surface area contributed by atoms with Crippen molar-refractivity contribution in [3.63, 3.8) is 0 Å². The highest BCUT2D eigenvalue weighted by atomic mass is 32.1. The molecule has 0 spiro atoms. The topological polar surface area (TPSA) is 17.1 Å². The van der Waals surface area contributed by atoms with E-state index in [0.29, 0.717) is 0 Å². The van der Waals surface area contributed by atoms with E-state index in [1.807, 2.05) is 60.7 Å². The molecule has 0 N–H and O–H groups in total. The predicted octanol–water partition coefficient (Wildman–Crippen LogP) is 5.09. The summed E-state index contributed by atoms with van der Waals surface area (Å²) in [6.07, 6.45) is 5.57. The SMILES string of the molecule is O=C1C(=Cc2ccc(S)cc2)CCC1=Cc1ccc(S)cc1. The summed E-state index contributed by atoms with van der Waals surface area (Å²) in [7, 11) is 0. The van der Waals surface area contributed by atoms with Gasteiger partial charge >= 0.3 is 0 Å². The molecule has 1 saturated carbocycles. The van der Waals surface area contributed by atoms with Crippen molar-refractivity contribution in [3.05, 3.63) is 70.8 Å². The van der Waals surface area contributed by atoms with Gasteiger partial charge in [0, 0.05) is 20.9 Å². The quantitative estimate of drug-likeness (QED) is 0.581. The highest BCUT2D eigenvalue weighted by Crippen LogP contribution is 2.29. The first kappa shape index (κ1) is 15.2. The molecule has 1 fully saturated rings. The minimum Gasteiger partial charge on any atom is -0.289 e. The second-order valence-corrected chi connectivity index (χ2v) is 6.38. The number of hydrogen-bond acceptors (Lipinski definition) is 3. The molecule has 3 rings (SSSR count). The van der Waals surface area contributed by atoms with Crippen molar-refractivity contribution in [2.45, 2.75) is 22.6 Å². The van der Waals surface area contributed by atoms with Crippen LogP contribution in [0.4, 0.5) is 0 Å². The van der Waals surface area contributed by atoms with E-state index in [1.54, 1.807) is 0 Å². The van der Waals surface area contributed by atoms with Gasteiger partial charge in [-0.05, 0) is 60.4 Å². The number of Topliss-reactive ketones (excluding diaryl/α,β-unsaturated/α-hetero) is 1. The summed E-state index contributed by atoms with van der Waals surface area (Å²) in [6.45, 7) is 0. The summed E-state index contributed by atoms with van der Waals surface area (Å²) in [4.78, 5) is 14.3. The van der Waals surface area contributed by atoms with Gasteiger partial charge in [-0.1, -0.05) is 24.3 Å². The Balaban J connectivity index is 1.82. The van der Waals surface area contributed by atoms with Gasteiger partial charge in [-0.25, -0.2) is 0 Å². The molecule has 0 bridgehead atoms. The second kappa shape index (κ2) is 6.59. The molecule has 0 aliphatic heterocycles. The molecule has 1 aliphatic carbocycles. The number of ketones is 1. The summed E-state index contributed by atoms with van der Waals surface area (Å²) < 4.78 is 0.